The Hall–Kier alpha value is -2.08. The molecule has 1 heterocycles. The van der Waals surface area contributed by atoms with Gasteiger partial charge in [-0.1, -0.05) is 0 Å². The molecular formula is C18H25BrF3N3O5. The fraction of sp³-hybridized carbons (Fsp3) is 0.611. The highest BCUT2D eigenvalue weighted by Gasteiger charge is 2.38. The fourth-order valence-corrected chi connectivity index (χ4v) is 3.15. The summed E-state index contributed by atoms with van der Waals surface area (Å²) < 4.78 is 40.0. The molecule has 1 aliphatic rings. The molecule has 12 heteroatoms. The van der Waals surface area contributed by atoms with Crippen molar-refractivity contribution in [3.63, 3.8) is 0 Å². The van der Waals surface area contributed by atoms with E-state index in [1.165, 1.54) is 10.6 Å². The Bertz CT molecular complexity index is 792. The van der Waals surface area contributed by atoms with Gasteiger partial charge in [-0.15, -0.1) is 0 Å². The molecule has 0 bridgehead atoms. The number of pyridine rings is 1. The van der Waals surface area contributed by atoms with Crippen molar-refractivity contribution in [3.05, 3.63) is 27.1 Å². The van der Waals surface area contributed by atoms with E-state index in [1.54, 1.807) is 20.3 Å². The second-order valence-electron chi connectivity index (χ2n) is 6.85. The minimum atomic E-state index is -5.08. The van der Waals surface area contributed by atoms with Gasteiger partial charge in [0.2, 0.25) is 5.91 Å². The molecule has 1 aromatic rings. The lowest BCUT2D eigenvalue weighted by molar-refractivity contribution is -0.192. The minimum Gasteiger partial charge on any atom is -0.489 e. The number of halogens is 4. The molecule has 0 aromatic carbocycles. The highest BCUT2D eigenvalue weighted by molar-refractivity contribution is 9.10. The summed E-state index contributed by atoms with van der Waals surface area (Å²) in [4.78, 5) is 32.5. The monoisotopic (exact) mass is 499 g/mol. The smallest absolute Gasteiger partial charge is 0.489 e. The van der Waals surface area contributed by atoms with E-state index >= 15 is 0 Å². The maximum atomic E-state index is 11.9. The van der Waals surface area contributed by atoms with Crippen molar-refractivity contribution in [1.29, 1.82) is 0 Å². The molecule has 0 spiro atoms. The predicted octanol–water partition coefficient (Wildman–Crippen LogP) is 2.20. The molecule has 30 heavy (non-hydrogen) atoms. The van der Waals surface area contributed by atoms with Crippen LogP contribution in [0.3, 0.4) is 0 Å². The Morgan fingerprint density at radius 3 is 2.30 bits per heavy atom. The molecular weight excluding hydrogens is 475 g/mol. The Kier molecular flexibility index (Phi) is 9.82. The van der Waals surface area contributed by atoms with Crippen LogP contribution in [0.15, 0.2) is 21.5 Å². The quantitative estimate of drug-likeness (QED) is 0.572. The van der Waals surface area contributed by atoms with Gasteiger partial charge in [0.1, 0.15) is 5.75 Å². The summed E-state index contributed by atoms with van der Waals surface area (Å²) in [5, 5.41) is 13.1. The van der Waals surface area contributed by atoms with Crippen LogP contribution in [-0.4, -0.2) is 53.0 Å². The van der Waals surface area contributed by atoms with Crippen LogP contribution in [-0.2, 0) is 16.6 Å². The van der Waals surface area contributed by atoms with Crippen LogP contribution < -0.4 is 20.9 Å². The number of aliphatic carboxylic acids is 1. The summed E-state index contributed by atoms with van der Waals surface area (Å²) in [5.74, 6) is -2.14. The first-order valence-corrected chi connectivity index (χ1v) is 9.95. The molecule has 3 N–H and O–H groups in total. The summed E-state index contributed by atoms with van der Waals surface area (Å²) >= 11 is 3.43. The molecule has 1 amide bonds. The lowest BCUT2D eigenvalue weighted by Crippen LogP contribution is -2.47. The van der Waals surface area contributed by atoms with Crippen molar-refractivity contribution in [2.24, 2.45) is 7.05 Å². The number of hydrogen-bond donors (Lipinski definition) is 3. The van der Waals surface area contributed by atoms with Gasteiger partial charge >= 0.3 is 12.1 Å². The Labute approximate surface area is 179 Å². The van der Waals surface area contributed by atoms with E-state index < -0.39 is 12.1 Å². The van der Waals surface area contributed by atoms with Crippen LogP contribution in [0.25, 0.3) is 0 Å². The maximum Gasteiger partial charge on any atom is 0.490 e. The van der Waals surface area contributed by atoms with Crippen molar-refractivity contribution in [2.45, 2.75) is 57.0 Å². The average molecular weight is 500 g/mol. The normalized spacial score (nSPS) is 19.8. The first kappa shape index (κ1) is 26.0. The number of ether oxygens (including phenoxy) is 1. The lowest BCUT2D eigenvalue weighted by Gasteiger charge is -2.30. The number of carboxylic acid groups (broad SMARTS) is 1. The zero-order valence-corrected chi connectivity index (χ0v) is 18.3. The Balaban J connectivity index is 0.000000553. The number of hydrogen-bond acceptors (Lipinski definition) is 5. The van der Waals surface area contributed by atoms with Gasteiger partial charge in [0.05, 0.1) is 16.6 Å². The van der Waals surface area contributed by atoms with Crippen molar-refractivity contribution in [2.75, 3.05) is 7.05 Å². The third-order valence-electron chi connectivity index (χ3n) is 4.53. The van der Waals surface area contributed by atoms with Crippen LogP contribution in [0, 0.1) is 0 Å². The lowest BCUT2D eigenvalue weighted by atomic mass is 9.92. The molecule has 0 radical (unpaired) electrons. The van der Waals surface area contributed by atoms with Crippen LogP contribution in [0.4, 0.5) is 13.2 Å². The van der Waals surface area contributed by atoms with E-state index in [2.05, 4.69) is 26.6 Å². The maximum absolute atomic E-state index is 11.9. The van der Waals surface area contributed by atoms with E-state index in [0.717, 1.165) is 30.2 Å². The minimum absolute atomic E-state index is 0.0335. The van der Waals surface area contributed by atoms with Gasteiger partial charge in [0.15, 0.2) is 0 Å². The fourth-order valence-electron chi connectivity index (χ4n) is 2.63. The van der Waals surface area contributed by atoms with Crippen molar-refractivity contribution < 1.29 is 32.6 Å². The number of aromatic nitrogens is 1. The second-order valence-corrected chi connectivity index (χ2v) is 7.70. The van der Waals surface area contributed by atoms with E-state index in [0.29, 0.717) is 5.75 Å². The van der Waals surface area contributed by atoms with Crippen molar-refractivity contribution in [3.8, 4) is 5.75 Å². The van der Waals surface area contributed by atoms with Crippen LogP contribution in [0.5, 0.6) is 5.75 Å². The van der Waals surface area contributed by atoms with Gasteiger partial charge in [-0.05, 0) is 55.6 Å². The molecule has 0 aliphatic heterocycles. The first-order valence-electron chi connectivity index (χ1n) is 9.15. The number of likely N-dealkylation sites (N-methyl/N-ethyl adjacent to an activating group) is 1. The summed E-state index contributed by atoms with van der Waals surface area (Å²) in [5.41, 5.74) is -0.0924. The summed E-state index contributed by atoms with van der Waals surface area (Å²) in [6.07, 6.45) is 0.196. The van der Waals surface area contributed by atoms with Crippen LogP contribution in [0.2, 0.25) is 0 Å². The molecule has 8 nitrogen and oxygen atoms in total. The highest BCUT2D eigenvalue weighted by atomic mass is 79.9. The van der Waals surface area contributed by atoms with Gasteiger partial charge in [0.25, 0.3) is 5.56 Å². The second kappa shape index (κ2) is 11.3. The zero-order valence-electron chi connectivity index (χ0n) is 16.8. The number of alkyl halides is 3. The molecule has 170 valence electrons. The first-order chi connectivity index (χ1) is 13.8. The van der Waals surface area contributed by atoms with Crippen molar-refractivity contribution in [1.82, 2.24) is 15.2 Å². The predicted molar refractivity (Wildman–Crippen MR) is 106 cm³/mol. The average Bonchev–Trinajstić information content (AvgIpc) is 2.66. The van der Waals surface area contributed by atoms with Gasteiger partial charge in [-0.2, -0.15) is 13.2 Å². The Morgan fingerprint density at radius 2 is 1.83 bits per heavy atom. The number of nitrogens with one attached hydrogen (secondary N) is 2. The van der Waals surface area contributed by atoms with E-state index in [4.69, 9.17) is 14.6 Å². The Morgan fingerprint density at radius 1 is 1.30 bits per heavy atom. The SMILES string of the molecule is CN[C@H](C)C(=O)N[C@H]1CC[C@H](Oc2cc(=O)n(C)cc2Br)CC1.O=C(O)C(F)(F)F. The van der Waals surface area contributed by atoms with Gasteiger partial charge < -0.3 is 25.0 Å². The number of nitrogens with zero attached hydrogens (tertiary/aromatic N) is 1. The topological polar surface area (TPSA) is 110 Å². The van der Waals surface area contributed by atoms with Crippen molar-refractivity contribution >= 4 is 27.8 Å². The van der Waals surface area contributed by atoms with Crippen LogP contribution >= 0.6 is 15.9 Å². The van der Waals surface area contributed by atoms with E-state index in [1.807, 2.05) is 6.92 Å². The van der Waals surface area contributed by atoms with Crippen LogP contribution in [0.1, 0.15) is 32.6 Å². The molecule has 1 atom stereocenters. The molecule has 0 unspecified atom stereocenters. The van der Waals surface area contributed by atoms with E-state index in [9.17, 15) is 22.8 Å². The number of rotatable bonds is 5. The number of carbonyl (C=O) groups excluding carboxylic acids is 1. The van der Waals surface area contributed by atoms with Gasteiger partial charge in [-0.25, -0.2) is 4.79 Å². The number of carbonyl (C=O) groups is 2. The van der Waals surface area contributed by atoms with Gasteiger partial charge in [0, 0.05) is 25.4 Å². The molecule has 1 aromatic heterocycles. The molecule has 1 saturated carbocycles. The largest absolute Gasteiger partial charge is 0.490 e. The molecule has 1 aliphatic carbocycles. The van der Waals surface area contributed by atoms with E-state index in [-0.39, 0.29) is 29.7 Å². The molecule has 0 saturated heterocycles. The summed E-state index contributed by atoms with van der Waals surface area (Å²) in [7, 11) is 3.48. The van der Waals surface area contributed by atoms with Gasteiger partial charge in [-0.3, -0.25) is 9.59 Å². The highest BCUT2D eigenvalue weighted by Crippen LogP contribution is 2.28. The molecule has 1 fully saturated rings. The third kappa shape index (κ3) is 8.34. The number of amides is 1. The number of aryl methyl sites for hydroxylation is 1. The third-order valence-corrected chi connectivity index (χ3v) is 5.12. The summed E-state index contributed by atoms with van der Waals surface area (Å²) in [6, 6.07) is 1.53. The standard InChI is InChI=1S/C16H24BrN3O3.C2HF3O2/c1-10(18-2)16(22)19-11-4-6-12(7-5-11)23-14-8-15(21)20(3)9-13(14)17;3-2(4,5)1(6)7/h8-12,18H,4-7H2,1-3H3,(H,19,22);(H,6,7)/t10-,11-,12-;/m1./s1. The number of carboxylic acids is 1. The zero-order chi connectivity index (χ0) is 23.1. The molecule has 2 rings (SSSR count). The summed E-state index contributed by atoms with van der Waals surface area (Å²) in [6.45, 7) is 1.84.